The summed E-state index contributed by atoms with van der Waals surface area (Å²) < 4.78 is 0. The van der Waals surface area contributed by atoms with Crippen molar-refractivity contribution in [1.29, 1.82) is 0 Å². The van der Waals surface area contributed by atoms with Gasteiger partial charge in [-0.25, -0.2) is 0 Å². The van der Waals surface area contributed by atoms with Crippen LogP contribution in [0.25, 0.3) is 0 Å². The van der Waals surface area contributed by atoms with Crippen molar-refractivity contribution in [2.45, 2.75) is 18.6 Å². The van der Waals surface area contributed by atoms with Crippen molar-refractivity contribution < 1.29 is 10.2 Å². The van der Waals surface area contributed by atoms with Crippen LogP contribution in [0.4, 0.5) is 11.4 Å². The van der Waals surface area contributed by atoms with E-state index in [0.717, 1.165) is 0 Å². The molecule has 0 aliphatic carbocycles. The van der Waals surface area contributed by atoms with Gasteiger partial charge in [-0.3, -0.25) is 0 Å². The Balaban J connectivity index is 2.90. The number of aliphatic hydroxyl groups is 2. The Kier molecular flexibility index (Phi) is 4.26. The highest BCUT2D eigenvalue weighted by Gasteiger charge is 2.20. The summed E-state index contributed by atoms with van der Waals surface area (Å²) in [6, 6.07) is 4.99. The number of thiol groups is 1. The Bertz CT molecular complexity index is 333. The molecule has 6 N–H and O–H groups in total. The van der Waals surface area contributed by atoms with Crippen LogP contribution in [-0.2, 0) is 0 Å². The van der Waals surface area contributed by atoms with Crippen LogP contribution in [0, 0.1) is 0 Å². The molecule has 15 heavy (non-hydrogen) atoms. The van der Waals surface area contributed by atoms with Gasteiger partial charge in [-0.2, -0.15) is 12.6 Å². The Labute approximate surface area is 94.3 Å². The van der Waals surface area contributed by atoms with Gasteiger partial charge in [0.05, 0.1) is 17.5 Å². The van der Waals surface area contributed by atoms with Crippen molar-refractivity contribution >= 4 is 24.0 Å². The van der Waals surface area contributed by atoms with Crippen molar-refractivity contribution in [2.24, 2.45) is 0 Å². The van der Waals surface area contributed by atoms with Gasteiger partial charge >= 0.3 is 0 Å². The van der Waals surface area contributed by atoms with Crippen LogP contribution in [-0.4, -0.2) is 22.1 Å². The minimum absolute atomic E-state index is 0.322. The van der Waals surface area contributed by atoms with E-state index in [1.807, 2.05) is 0 Å². The first-order valence-electron chi connectivity index (χ1n) is 4.68. The van der Waals surface area contributed by atoms with Crippen LogP contribution in [0.2, 0.25) is 0 Å². The fourth-order valence-electron chi connectivity index (χ4n) is 1.36. The number of rotatable bonds is 4. The van der Waals surface area contributed by atoms with Crippen LogP contribution >= 0.6 is 12.6 Å². The molecule has 4 nitrogen and oxygen atoms in total. The summed E-state index contributed by atoms with van der Waals surface area (Å²) in [4.78, 5) is 0. The molecule has 1 aromatic rings. The molecule has 2 unspecified atom stereocenters. The van der Waals surface area contributed by atoms with Crippen LogP contribution < -0.4 is 11.5 Å². The van der Waals surface area contributed by atoms with Gasteiger partial charge in [0, 0.05) is 5.56 Å². The number of benzene rings is 1. The zero-order chi connectivity index (χ0) is 11.4. The summed E-state index contributed by atoms with van der Waals surface area (Å²) in [6.07, 6.45) is -1.48. The number of hydrogen-bond donors (Lipinski definition) is 5. The van der Waals surface area contributed by atoms with Crippen molar-refractivity contribution in [3.8, 4) is 0 Å². The second-order valence-electron chi connectivity index (χ2n) is 3.37. The Morgan fingerprint density at radius 2 is 1.93 bits per heavy atom. The second kappa shape index (κ2) is 5.25. The van der Waals surface area contributed by atoms with Gasteiger partial charge in [-0.15, -0.1) is 0 Å². The number of aliphatic hydroxyl groups excluding tert-OH is 2. The van der Waals surface area contributed by atoms with Gasteiger partial charge in [0.25, 0.3) is 0 Å². The van der Waals surface area contributed by atoms with Crippen LogP contribution in [0.5, 0.6) is 0 Å². The summed E-state index contributed by atoms with van der Waals surface area (Å²) in [6.45, 7) is 0. The molecule has 5 heteroatoms. The van der Waals surface area contributed by atoms with Gasteiger partial charge in [-0.05, 0) is 18.2 Å². The number of para-hydroxylation sites is 1. The molecule has 2 atom stereocenters. The lowest BCUT2D eigenvalue weighted by atomic mass is 10.0. The number of nitrogens with two attached hydrogens (primary N) is 2. The molecule has 0 fully saturated rings. The highest BCUT2D eigenvalue weighted by molar-refractivity contribution is 7.80. The predicted octanol–water partition coefficient (Wildman–Crippen LogP) is 0.565. The van der Waals surface area contributed by atoms with E-state index in [0.29, 0.717) is 29.1 Å². The molecule has 0 amide bonds. The topological polar surface area (TPSA) is 92.5 Å². The third-order valence-electron chi connectivity index (χ3n) is 2.28. The quantitative estimate of drug-likeness (QED) is 0.385. The fraction of sp³-hybridized carbons (Fsp3) is 0.400. The lowest BCUT2D eigenvalue weighted by Gasteiger charge is -2.19. The number of nitrogen functional groups attached to an aromatic ring is 2. The van der Waals surface area contributed by atoms with E-state index in [-0.39, 0.29) is 0 Å². The van der Waals surface area contributed by atoms with Crippen molar-refractivity contribution in [1.82, 2.24) is 0 Å². The van der Waals surface area contributed by atoms with Crippen molar-refractivity contribution in [3.05, 3.63) is 23.8 Å². The molecule has 0 aromatic heterocycles. The molecule has 0 saturated carbocycles. The Hall–Kier alpha value is -0.910. The summed E-state index contributed by atoms with van der Waals surface area (Å²) in [5, 5.41) is 19.4. The molecule has 1 rings (SSSR count). The van der Waals surface area contributed by atoms with Crippen molar-refractivity contribution in [2.75, 3.05) is 17.2 Å². The molecule has 0 spiro atoms. The molecule has 1 aromatic carbocycles. The summed E-state index contributed by atoms with van der Waals surface area (Å²) >= 11 is 3.99. The van der Waals surface area contributed by atoms with E-state index >= 15 is 0 Å². The number of hydrogen-bond acceptors (Lipinski definition) is 5. The Morgan fingerprint density at radius 3 is 2.53 bits per heavy atom. The van der Waals surface area contributed by atoms with Gasteiger partial charge in [0.2, 0.25) is 0 Å². The molecule has 0 radical (unpaired) electrons. The predicted molar refractivity (Wildman–Crippen MR) is 64.7 cm³/mol. The van der Waals surface area contributed by atoms with E-state index < -0.39 is 12.2 Å². The van der Waals surface area contributed by atoms with Gasteiger partial charge in [0.1, 0.15) is 6.10 Å². The molecule has 0 aliphatic heterocycles. The third kappa shape index (κ3) is 2.77. The summed E-state index contributed by atoms with van der Waals surface area (Å²) in [5.74, 6) is 0.500. The van der Waals surface area contributed by atoms with Crippen LogP contribution in [0.3, 0.4) is 0 Å². The average Bonchev–Trinajstić information content (AvgIpc) is 2.21. The molecule has 0 aliphatic rings. The summed E-state index contributed by atoms with van der Waals surface area (Å²) in [5.41, 5.74) is 12.5. The molecular weight excluding hydrogens is 212 g/mol. The normalized spacial score (nSPS) is 14.9. The maximum Gasteiger partial charge on any atom is 0.107 e. The molecular formula is C10H16N2O2S. The van der Waals surface area contributed by atoms with Crippen LogP contribution in [0.1, 0.15) is 18.1 Å². The van der Waals surface area contributed by atoms with E-state index in [1.54, 1.807) is 18.2 Å². The first-order valence-corrected chi connectivity index (χ1v) is 5.32. The molecule has 84 valence electrons. The highest BCUT2D eigenvalue weighted by Crippen LogP contribution is 2.28. The fourth-order valence-corrected chi connectivity index (χ4v) is 1.62. The standard InChI is InChI=1S/C10H16N2O2S/c11-7-3-1-2-6(9(7)12)10(14)8(13)4-5-15/h1-3,8,10,13-15H,4-5,11-12H2. The maximum absolute atomic E-state index is 9.81. The minimum atomic E-state index is -1.01. The van der Waals surface area contributed by atoms with E-state index in [9.17, 15) is 10.2 Å². The van der Waals surface area contributed by atoms with Gasteiger partial charge < -0.3 is 21.7 Å². The van der Waals surface area contributed by atoms with E-state index in [4.69, 9.17) is 11.5 Å². The lowest BCUT2D eigenvalue weighted by Crippen LogP contribution is -2.20. The zero-order valence-corrected chi connectivity index (χ0v) is 9.19. The van der Waals surface area contributed by atoms with E-state index in [2.05, 4.69) is 12.6 Å². The lowest BCUT2D eigenvalue weighted by molar-refractivity contribution is 0.0177. The smallest absolute Gasteiger partial charge is 0.107 e. The van der Waals surface area contributed by atoms with Crippen LogP contribution in [0.15, 0.2) is 18.2 Å². The molecule has 0 saturated heterocycles. The molecule has 0 bridgehead atoms. The minimum Gasteiger partial charge on any atom is -0.397 e. The number of anilines is 2. The summed E-state index contributed by atoms with van der Waals surface area (Å²) in [7, 11) is 0. The van der Waals surface area contributed by atoms with Gasteiger partial charge in [0.15, 0.2) is 0 Å². The SMILES string of the molecule is Nc1cccc(C(O)C(O)CCS)c1N. The average molecular weight is 228 g/mol. The zero-order valence-electron chi connectivity index (χ0n) is 8.30. The maximum atomic E-state index is 9.81. The second-order valence-corrected chi connectivity index (χ2v) is 3.82. The molecule has 0 heterocycles. The first-order chi connectivity index (χ1) is 7.07. The van der Waals surface area contributed by atoms with Crippen molar-refractivity contribution in [3.63, 3.8) is 0 Å². The highest BCUT2D eigenvalue weighted by atomic mass is 32.1. The largest absolute Gasteiger partial charge is 0.397 e. The Morgan fingerprint density at radius 1 is 1.27 bits per heavy atom. The first kappa shape index (κ1) is 12.2. The van der Waals surface area contributed by atoms with Gasteiger partial charge in [-0.1, -0.05) is 12.1 Å². The monoisotopic (exact) mass is 228 g/mol. The third-order valence-corrected chi connectivity index (χ3v) is 2.54. The van der Waals surface area contributed by atoms with E-state index in [1.165, 1.54) is 0 Å².